The molecule has 1 aromatic rings. The molecule has 0 radical (unpaired) electrons. The molecular weight excluding hydrogens is 286 g/mol. The summed E-state index contributed by atoms with van der Waals surface area (Å²) in [6, 6.07) is 5.63. The summed E-state index contributed by atoms with van der Waals surface area (Å²) in [4.78, 5) is 21.7. The summed E-state index contributed by atoms with van der Waals surface area (Å²) < 4.78 is 4.89. The third kappa shape index (κ3) is 4.53. The van der Waals surface area contributed by atoms with Gasteiger partial charge in [0.05, 0.1) is 11.5 Å². The zero-order valence-electron chi connectivity index (χ0n) is 12.8. The number of carbonyl (C=O) groups is 1. The Morgan fingerprint density at radius 2 is 2.00 bits per heavy atom. The van der Waals surface area contributed by atoms with Gasteiger partial charge in [-0.1, -0.05) is 6.08 Å². The van der Waals surface area contributed by atoms with Crippen molar-refractivity contribution in [2.45, 2.75) is 26.9 Å². The second-order valence-corrected chi connectivity index (χ2v) is 4.59. The van der Waals surface area contributed by atoms with E-state index in [1.807, 2.05) is 0 Å². The van der Waals surface area contributed by atoms with Crippen molar-refractivity contribution in [1.29, 1.82) is 0 Å². The Morgan fingerprint density at radius 1 is 1.41 bits per heavy atom. The summed E-state index contributed by atoms with van der Waals surface area (Å²) in [5.41, 5.74) is 1.35. The molecule has 1 aromatic carbocycles. The van der Waals surface area contributed by atoms with Crippen LogP contribution in [0.3, 0.4) is 0 Å². The van der Waals surface area contributed by atoms with E-state index < -0.39 is 17.0 Å². The number of nitrogens with zero attached hydrogens (tertiary/aromatic N) is 1. The van der Waals surface area contributed by atoms with Gasteiger partial charge in [0.25, 0.3) is 5.69 Å². The van der Waals surface area contributed by atoms with Crippen LogP contribution in [0.15, 0.2) is 47.6 Å². The highest BCUT2D eigenvalue weighted by Gasteiger charge is 2.15. The average molecular weight is 305 g/mol. The Morgan fingerprint density at radius 3 is 2.45 bits per heavy atom. The molecule has 0 aliphatic rings. The van der Waals surface area contributed by atoms with Gasteiger partial charge in [-0.2, -0.15) is 0 Å². The Labute approximate surface area is 128 Å². The van der Waals surface area contributed by atoms with Crippen LogP contribution < -0.4 is 0 Å². The third-order valence-corrected chi connectivity index (χ3v) is 3.05. The van der Waals surface area contributed by atoms with Crippen LogP contribution in [0.5, 0.6) is 0 Å². The zero-order chi connectivity index (χ0) is 16.7. The predicted octanol–water partition coefficient (Wildman–Crippen LogP) is 3.08. The first kappa shape index (κ1) is 17.6. The van der Waals surface area contributed by atoms with E-state index in [-0.39, 0.29) is 12.3 Å². The maximum Gasteiger partial charge on any atom is 0.333 e. The summed E-state index contributed by atoms with van der Waals surface area (Å²) in [6.07, 6.45) is 2.24. The number of ether oxygens (including phenoxy) is 1. The fourth-order valence-corrected chi connectivity index (χ4v) is 1.84. The largest absolute Gasteiger partial charge is 0.463 e. The van der Waals surface area contributed by atoms with Gasteiger partial charge in [0.15, 0.2) is 0 Å². The number of hydrogen-bond donors (Lipinski definition) is 1. The molecular formula is C16H19NO5. The lowest BCUT2D eigenvalue weighted by Crippen LogP contribution is -2.07. The number of esters is 1. The van der Waals surface area contributed by atoms with Gasteiger partial charge in [-0.25, -0.2) is 4.79 Å². The Kier molecular flexibility index (Phi) is 6.47. The summed E-state index contributed by atoms with van der Waals surface area (Å²) in [5.74, 6) is -0.447. The molecule has 0 heterocycles. The van der Waals surface area contributed by atoms with E-state index in [4.69, 9.17) is 4.74 Å². The van der Waals surface area contributed by atoms with Crippen LogP contribution in [0.25, 0.3) is 0 Å². The molecule has 0 saturated carbocycles. The molecule has 1 N–H and O–H groups in total. The third-order valence-electron chi connectivity index (χ3n) is 3.05. The van der Waals surface area contributed by atoms with Crippen molar-refractivity contribution in [2.24, 2.45) is 0 Å². The molecule has 0 fully saturated rings. The van der Waals surface area contributed by atoms with Crippen molar-refractivity contribution < 1.29 is 19.6 Å². The van der Waals surface area contributed by atoms with Crippen molar-refractivity contribution in [2.75, 3.05) is 6.61 Å². The summed E-state index contributed by atoms with van der Waals surface area (Å²) in [6.45, 7) is 5.33. The molecule has 6 nitrogen and oxygen atoms in total. The molecule has 0 aliphatic carbocycles. The van der Waals surface area contributed by atoms with Gasteiger partial charge in [-0.3, -0.25) is 10.1 Å². The van der Waals surface area contributed by atoms with E-state index in [9.17, 15) is 20.0 Å². The molecule has 118 valence electrons. The molecule has 0 spiro atoms. The lowest BCUT2D eigenvalue weighted by atomic mass is 9.99. The Bertz CT molecular complexity index is 601. The van der Waals surface area contributed by atoms with E-state index >= 15 is 0 Å². The molecule has 6 heteroatoms. The van der Waals surface area contributed by atoms with Gasteiger partial charge < -0.3 is 9.84 Å². The molecule has 1 unspecified atom stereocenters. The highest BCUT2D eigenvalue weighted by molar-refractivity contribution is 5.88. The Balaban J connectivity index is 2.98. The number of allylic oxidation sites excluding steroid dienone is 1. The van der Waals surface area contributed by atoms with Gasteiger partial charge in [0.2, 0.25) is 0 Å². The maximum absolute atomic E-state index is 11.6. The number of hydrogen-bond acceptors (Lipinski definition) is 5. The van der Waals surface area contributed by atoms with Crippen LogP contribution in [0.4, 0.5) is 5.69 Å². The fourth-order valence-electron chi connectivity index (χ4n) is 1.84. The van der Waals surface area contributed by atoms with Gasteiger partial charge in [-0.05, 0) is 50.1 Å². The lowest BCUT2D eigenvalue weighted by Gasteiger charge is -2.13. The number of benzene rings is 1. The first-order valence-corrected chi connectivity index (χ1v) is 6.84. The van der Waals surface area contributed by atoms with Crippen molar-refractivity contribution in [3.8, 4) is 0 Å². The van der Waals surface area contributed by atoms with Crippen LogP contribution in [0, 0.1) is 10.1 Å². The van der Waals surface area contributed by atoms with Crippen molar-refractivity contribution in [3.63, 3.8) is 0 Å². The SMILES string of the molecule is C/C=C(/C=C(\C)C(=O)OCC)C(O)c1ccc([N+](=O)[O-])cc1. The molecule has 0 aromatic heterocycles. The van der Waals surface area contributed by atoms with E-state index in [0.29, 0.717) is 16.7 Å². The molecule has 1 atom stereocenters. The van der Waals surface area contributed by atoms with Gasteiger partial charge in [-0.15, -0.1) is 0 Å². The van der Waals surface area contributed by atoms with Crippen LogP contribution in [-0.4, -0.2) is 22.6 Å². The smallest absolute Gasteiger partial charge is 0.333 e. The second-order valence-electron chi connectivity index (χ2n) is 4.59. The highest BCUT2D eigenvalue weighted by atomic mass is 16.6. The van der Waals surface area contributed by atoms with Crippen LogP contribution in [0.1, 0.15) is 32.4 Å². The van der Waals surface area contributed by atoms with E-state index in [1.165, 1.54) is 24.3 Å². The van der Waals surface area contributed by atoms with Gasteiger partial charge in [0, 0.05) is 17.7 Å². The number of nitro benzene ring substituents is 1. The van der Waals surface area contributed by atoms with E-state index in [1.54, 1.807) is 32.9 Å². The Hall–Kier alpha value is -2.47. The first-order valence-electron chi connectivity index (χ1n) is 6.84. The lowest BCUT2D eigenvalue weighted by molar-refractivity contribution is -0.384. The summed E-state index contributed by atoms with van der Waals surface area (Å²) in [5, 5.41) is 21.0. The molecule has 1 rings (SSSR count). The minimum absolute atomic E-state index is 0.0452. The normalized spacial score (nSPS) is 13.6. The second kappa shape index (κ2) is 8.09. The van der Waals surface area contributed by atoms with Crippen molar-refractivity contribution in [3.05, 3.63) is 63.2 Å². The topological polar surface area (TPSA) is 89.7 Å². The standard InChI is InChI=1S/C16H19NO5/c1-4-12(10-11(3)16(19)22-5-2)15(18)13-6-8-14(9-7-13)17(20)21/h4,6-10,15,18H,5H2,1-3H3/b11-10+,12-4-. The number of aliphatic hydroxyl groups excluding tert-OH is 1. The van der Waals surface area contributed by atoms with Crippen LogP contribution in [-0.2, 0) is 9.53 Å². The quantitative estimate of drug-likeness (QED) is 0.287. The van der Waals surface area contributed by atoms with Crippen molar-refractivity contribution >= 4 is 11.7 Å². The van der Waals surface area contributed by atoms with Crippen LogP contribution in [0.2, 0.25) is 0 Å². The first-order chi connectivity index (χ1) is 10.4. The summed E-state index contributed by atoms with van der Waals surface area (Å²) in [7, 11) is 0. The average Bonchev–Trinajstić information content (AvgIpc) is 2.52. The number of nitro groups is 1. The van der Waals surface area contributed by atoms with Crippen molar-refractivity contribution in [1.82, 2.24) is 0 Å². The number of carbonyl (C=O) groups excluding carboxylic acids is 1. The molecule has 0 amide bonds. The molecule has 0 aliphatic heterocycles. The molecule has 0 bridgehead atoms. The monoisotopic (exact) mass is 305 g/mol. The molecule has 0 saturated heterocycles. The predicted molar refractivity (Wildman–Crippen MR) is 82.2 cm³/mol. The summed E-state index contributed by atoms with van der Waals surface area (Å²) >= 11 is 0. The van der Waals surface area contributed by atoms with Crippen LogP contribution >= 0.6 is 0 Å². The van der Waals surface area contributed by atoms with E-state index in [2.05, 4.69) is 0 Å². The maximum atomic E-state index is 11.6. The minimum Gasteiger partial charge on any atom is -0.463 e. The number of aliphatic hydroxyl groups is 1. The highest BCUT2D eigenvalue weighted by Crippen LogP contribution is 2.25. The van der Waals surface area contributed by atoms with E-state index in [0.717, 1.165) is 0 Å². The zero-order valence-corrected chi connectivity index (χ0v) is 12.8. The minimum atomic E-state index is -0.977. The fraction of sp³-hybridized carbons (Fsp3) is 0.312. The van der Waals surface area contributed by atoms with Gasteiger partial charge in [0.1, 0.15) is 6.10 Å². The number of rotatable bonds is 6. The molecule has 22 heavy (non-hydrogen) atoms. The number of non-ortho nitro benzene ring substituents is 1. The van der Waals surface area contributed by atoms with Gasteiger partial charge >= 0.3 is 5.97 Å².